The van der Waals surface area contributed by atoms with Gasteiger partial charge in [-0.3, -0.25) is 0 Å². The average Bonchev–Trinajstić information content (AvgIpc) is 2.88. The van der Waals surface area contributed by atoms with Crippen LogP contribution in [0.2, 0.25) is 0 Å². The summed E-state index contributed by atoms with van der Waals surface area (Å²) in [5.74, 6) is 0. The normalized spacial score (nSPS) is 20.0. The molecular weight excluding hydrogens is 251 g/mol. The Balaban J connectivity index is 2.25. The number of hydrogen-bond acceptors (Lipinski definition) is 1. The third-order valence-corrected chi connectivity index (χ3v) is 3.98. The molecule has 0 spiro atoms. The van der Waals surface area contributed by atoms with Gasteiger partial charge in [-0.15, -0.1) is 0 Å². The van der Waals surface area contributed by atoms with Crippen molar-refractivity contribution in [3.05, 3.63) is 47.6 Å². The standard InChI is InChI=1S/C12H13O.Zr/c1-12(13,10-6-2-3-7-10)11-8-4-5-9-11;/h2-6,8H,7,9H2,1H3;/q-1;+1. The maximum absolute atomic E-state index is 5.78. The second-order valence-electron chi connectivity index (χ2n) is 3.78. The quantitative estimate of drug-likeness (QED) is 0.761. The van der Waals surface area contributed by atoms with Crippen LogP contribution < -0.4 is 0 Å². The summed E-state index contributed by atoms with van der Waals surface area (Å²) in [5.41, 5.74) is 2.60. The molecule has 2 aliphatic carbocycles. The van der Waals surface area contributed by atoms with E-state index in [-0.39, 0.29) is 5.60 Å². The molecule has 0 amide bonds. The van der Waals surface area contributed by atoms with Gasteiger partial charge in [-0.25, -0.2) is 0 Å². The summed E-state index contributed by atoms with van der Waals surface area (Å²) < 4.78 is 5.78. The Morgan fingerprint density at radius 3 is 1.93 bits per heavy atom. The zero-order valence-corrected chi connectivity index (χ0v) is 10.7. The van der Waals surface area contributed by atoms with Gasteiger partial charge >= 0.3 is 101 Å². The molecule has 0 heterocycles. The summed E-state index contributed by atoms with van der Waals surface area (Å²) in [6, 6.07) is 0. The molecule has 0 N–H and O–H groups in total. The van der Waals surface area contributed by atoms with Crippen LogP contribution in [0, 0.1) is 0 Å². The minimum atomic E-state index is -0.161. The predicted molar refractivity (Wildman–Crippen MR) is 53.2 cm³/mol. The van der Waals surface area contributed by atoms with E-state index in [1.54, 1.807) is 0 Å². The van der Waals surface area contributed by atoms with E-state index in [2.05, 4.69) is 43.4 Å². The molecule has 0 bridgehead atoms. The first kappa shape index (κ1) is 10.3. The molecule has 2 aliphatic rings. The van der Waals surface area contributed by atoms with Crippen molar-refractivity contribution < 1.29 is 28.0 Å². The summed E-state index contributed by atoms with van der Waals surface area (Å²) >= 11 is 1.13. The molecule has 2 rings (SSSR count). The van der Waals surface area contributed by atoms with E-state index in [1.165, 1.54) is 11.1 Å². The fourth-order valence-electron chi connectivity index (χ4n) is 1.94. The Morgan fingerprint density at radius 1 is 1.14 bits per heavy atom. The molecular formula is C12H13OZr. The van der Waals surface area contributed by atoms with Gasteiger partial charge in [0.2, 0.25) is 0 Å². The van der Waals surface area contributed by atoms with Crippen molar-refractivity contribution in [2.24, 2.45) is 0 Å². The third-order valence-electron chi connectivity index (χ3n) is 2.97. The SMILES string of the molecule is CC([O][Zr])(C1=CC=CC1)C1=CC=CC1. The van der Waals surface area contributed by atoms with Gasteiger partial charge in [-0.2, -0.15) is 0 Å². The zero-order chi connectivity index (χ0) is 10.0. The minimum absolute atomic E-state index is 0.161. The second-order valence-corrected chi connectivity index (χ2v) is 4.29. The molecule has 0 aromatic carbocycles. The van der Waals surface area contributed by atoms with Gasteiger partial charge in [0, 0.05) is 0 Å². The third kappa shape index (κ3) is 1.66. The molecule has 0 radical (unpaired) electrons. The molecule has 0 saturated heterocycles. The maximum atomic E-state index is 5.78. The Bertz CT molecular complexity index is 317. The van der Waals surface area contributed by atoms with E-state index in [0.29, 0.717) is 0 Å². The predicted octanol–water partition coefficient (Wildman–Crippen LogP) is 3.00. The summed E-state index contributed by atoms with van der Waals surface area (Å²) in [5, 5.41) is 0. The molecule has 0 aliphatic heterocycles. The Labute approximate surface area is 101 Å². The van der Waals surface area contributed by atoms with Crippen molar-refractivity contribution in [1.29, 1.82) is 0 Å². The van der Waals surface area contributed by atoms with Gasteiger partial charge in [-0.05, 0) is 0 Å². The molecule has 0 saturated carbocycles. The van der Waals surface area contributed by atoms with Gasteiger partial charge in [0.15, 0.2) is 0 Å². The number of allylic oxidation sites excluding steroid dienone is 6. The van der Waals surface area contributed by atoms with Crippen LogP contribution in [0.5, 0.6) is 0 Å². The van der Waals surface area contributed by atoms with Gasteiger partial charge in [-0.1, -0.05) is 0 Å². The van der Waals surface area contributed by atoms with Gasteiger partial charge in [0.25, 0.3) is 0 Å². The van der Waals surface area contributed by atoms with Gasteiger partial charge < -0.3 is 0 Å². The van der Waals surface area contributed by atoms with Crippen LogP contribution in [0.1, 0.15) is 19.8 Å². The van der Waals surface area contributed by atoms with E-state index in [9.17, 15) is 0 Å². The molecule has 0 unspecified atom stereocenters. The van der Waals surface area contributed by atoms with Crippen LogP contribution in [0.3, 0.4) is 0 Å². The number of rotatable bonds is 3. The van der Waals surface area contributed by atoms with Crippen LogP contribution >= 0.6 is 0 Å². The van der Waals surface area contributed by atoms with Gasteiger partial charge in [0.05, 0.1) is 0 Å². The van der Waals surface area contributed by atoms with Crippen molar-refractivity contribution in [3.63, 3.8) is 0 Å². The van der Waals surface area contributed by atoms with E-state index >= 15 is 0 Å². The monoisotopic (exact) mass is 263 g/mol. The first-order valence-electron chi connectivity index (χ1n) is 4.84. The van der Waals surface area contributed by atoms with Crippen molar-refractivity contribution in [2.45, 2.75) is 25.4 Å². The molecule has 71 valence electrons. The van der Waals surface area contributed by atoms with Crippen LogP contribution in [0.4, 0.5) is 0 Å². The molecule has 0 aromatic rings. The Kier molecular flexibility index (Phi) is 3.04. The zero-order valence-electron chi connectivity index (χ0n) is 8.29. The summed E-state index contributed by atoms with van der Waals surface area (Å²) in [7, 11) is 0. The van der Waals surface area contributed by atoms with Crippen molar-refractivity contribution in [3.8, 4) is 0 Å². The van der Waals surface area contributed by atoms with Crippen LogP contribution in [0.15, 0.2) is 47.6 Å². The van der Waals surface area contributed by atoms with E-state index in [4.69, 9.17) is 2.81 Å². The molecule has 2 heteroatoms. The molecule has 0 atom stereocenters. The van der Waals surface area contributed by atoms with Crippen molar-refractivity contribution in [1.82, 2.24) is 0 Å². The van der Waals surface area contributed by atoms with Crippen LogP contribution in [-0.2, 0) is 28.0 Å². The average molecular weight is 264 g/mol. The van der Waals surface area contributed by atoms with E-state index < -0.39 is 0 Å². The van der Waals surface area contributed by atoms with Crippen molar-refractivity contribution >= 4 is 0 Å². The molecule has 0 fully saturated rings. The van der Waals surface area contributed by atoms with E-state index in [1.807, 2.05) is 0 Å². The van der Waals surface area contributed by atoms with Crippen LogP contribution in [0.25, 0.3) is 0 Å². The fourth-order valence-corrected chi connectivity index (χ4v) is 2.58. The van der Waals surface area contributed by atoms with E-state index in [0.717, 1.165) is 38.0 Å². The Morgan fingerprint density at radius 2 is 1.64 bits per heavy atom. The topological polar surface area (TPSA) is 9.23 Å². The molecule has 14 heavy (non-hydrogen) atoms. The first-order valence-corrected chi connectivity index (χ1v) is 5.85. The number of hydrogen-bond donors (Lipinski definition) is 0. The summed E-state index contributed by atoms with van der Waals surface area (Å²) in [6.07, 6.45) is 15.0. The molecule has 1 nitrogen and oxygen atoms in total. The van der Waals surface area contributed by atoms with Crippen molar-refractivity contribution in [2.75, 3.05) is 0 Å². The summed E-state index contributed by atoms with van der Waals surface area (Å²) in [4.78, 5) is 0. The van der Waals surface area contributed by atoms with Gasteiger partial charge in [0.1, 0.15) is 0 Å². The molecule has 0 aromatic heterocycles. The Hall–Kier alpha value is -0.197. The first-order chi connectivity index (χ1) is 6.77. The fraction of sp³-hybridized carbons (Fsp3) is 0.333. The van der Waals surface area contributed by atoms with Crippen LogP contribution in [-0.4, -0.2) is 5.60 Å². The summed E-state index contributed by atoms with van der Waals surface area (Å²) in [6.45, 7) is 2.18. The second kappa shape index (κ2) is 4.12.